The molecule has 0 radical (unpaired) electrons. The smallest absolute Gasteiger partial charge is 0.338 e. The van der Waals surface area contributed by atoms with Crippen molar-refractivity contribution in [3.05, 3.63) is 65.4 Å². The highest BCUT2D eigenvalue weighted by Gasteiger charge is 2.22. The van der Waals surface area contributed by atoms with Crippen molar-refractivity contribution in [2.24, 2.45) is 0 Å². The number of rotatable bonds is 4. The summed E-state index contributed by atoms with van der Waals surface area (Å²) in [6.45, 7) is 0. The summed E-state index contributed by atoms with van der Waals surface area (Å²) >= 11 is 6.21. The van der Waals surface area contributed by atoms with Crippen molar-refractivity contribution >= 4 is 38.4 Å². The van der Waals surface area contributed by atoms with Gasteiger partial charge < -0.3 is 10.1 Å². The van der Waals surface area contributed by atoms with Gasteiger partial charge in [0.05, 0.1) is 37.6 Å². The topological polar surface area (TPSA) is 118 Å². The Labute approximate surface area is 158 Å². The van der Waals surface area contributed by atoms with E-state index in [1.807, 2.05) is 0 Å². The highest BCUT2D eigenvalue weighted by Crippen LogP contribution is 2.31. The van der Waals surface area contributed by atoms with E-state index in [2.05, 4.69) is 15.1 Å². The van der Waals surface area contributed by atoms with E-state index in [0.29, 0.717) is 11.0 Å². The number of aromatic nitrogens is 4. The number of sulfone groups is 1. The Kier molecular flexibility index (Phi) is 3.97. The van der Waals surface area contributed by atoms with E-state index in [1.54, 1.807) is 18.2 Å². The number of nitrogens with zero attached hydrogens (tertiary/aromatic N) is 3. The Morgan fingerprint density at radius 3 is 2.59 bits per heavy atom. The molecule has 8 nitrogen and oxygen atoms in total. The molecule has 4 rings (SSSR count). The molecule has 2 N–H and O–H groups in total. The number of hydrogen-bond acceptors (Lipinski definition) is 5. The van der Waals surface area contributed by atoms with Crippen LogP contribution in [-0.2, 0) is 9.84 Å². The third-order valence-corrected chi connectivity index (χ3v) is 6.15. The molecule has 27 heavy (non-hydrogen) atoms. The van der Waals surface area contributed by atoms with Crippen molar-refractivity contribution in [1.82, 2.24) is 19.7 Å². The molecule has 0 aliphatic heterocycles. The van der Waals surface area contributed by atoms with E-state index < -0.39 is 15.8 Å². The first-order valence-electron chi connectivity index (χ1n) is 7.64. The van der Waals surface area contributed by atoms with Crippen LogP contribution in [0, 0.1) is 0 Å². The molecular weight excluding hydrogens is 392 g/mol. The van der Waals surface area contributed by atoms with Crippen molar-refractivity contribution in [1.29, 1.82) is 0 Å². The van der Waals surface area contributed by atoms with Gasteiger partial charge in [-0.1, -0.05) is 29.8 Å². The fraction of sp³-hybridized carbons (Fsp3) is 0. The molecule has 136 valence electrons. The van der Waals surface area contributed by atoms with Crippen LogP contribution in [0.2, 0.25) is 5.02 Å². The van der Waals surface area contributed by atoms with Gasteiger partial charge in [-0.05, 0) is 24.3 Å². The fourth-order valence-electron chi connectivity index (χ4n) is 2.59. The maximum Gasteiger partial charge on any atom is 0.338 e. The minimum Gasteiger partial charge on any atom is -0.478 e. The lowest BCUT2D eigenvalue weighted by Gasteiger charge is -2.06. The summed E-state index contributed by atoms with van der Waals surface area (Å²) < 4.78 is 26.9. The van der Waals surface area contributed by atoms with Gasteiger partial charge in [-0.25, -0.2) is 22.9 Å². The van der Waals surface area contributed by atoms with Gasteiger partial charge >= 0.3 is 5.97 Å². The number of H-pyrrole nitrogens is 1. The molecule has 0 fully saturated rings. The molecular formula is C17H11ClN4O4S. The number of aromatic amines is 1. The van der Waals surface area contributed by atoms with E-state index in [9.17, 15) is 13.2 Å². The summed E-state index contributed by atoms with van der Waals surface area (Å²) in [6.07, 6.45) is 2.48. The molecule has 0 saturated heterocycles. The second kappa shape index (κ2) is 6.22. The van der Waals surface area contributed by atoms with Crippen LogP contribution in [0.5, 0.6) is 0 Å². The monoisotopic (exact) mass is 402 g/mol. The first kappa shape index (κ1) is 17.3. The van der Waals surface area contributed by atoms with Crippen LogP contribution in [0.1, 0.15) is 10.4 Å². The largest absolute Gasteiger partial charge is 0.478 e. The fourth-order valence-corrected chi connectivity index (χ4v) is 4.41. The highest BCUT2D eigenvalue weighted by molar-refractivity contribution is 7.91. The number of benzene rings is 2. The predicted octanol–water partition coefficient (Wildman–Crippen LogP) is 2.93. The molecule has 0 saturated carbocycles. The van der Waals surface area contributed by atoms with Crippen LogP contribution < -0.4 is 0 Å². The Bertz CT molecular complexity index is 1280. The maximum atomic E-state index is 12.8. The molecule has 0 unspecified atom stereocenters. The third kappa shape index (κ3) is 2.96. The molecule has 0 bridgehead atoms. The van der Waals surface area contributed by atoms with Crippen LogP contribution in [0.3, 0.4) is 0 Å². The number of imidazole rings is 1. The van der Waals surface area contributed by atoms with Crippen molar-refractivity contribution in [3.63, 3.8) is 0 Å². The van der Waals surface area contributed by atoms with Crippen LogP contribution in [0.15, 0.2) is 64.6 Å². The van der Waals surface area contributed by atoms with E-state index in [-0.39, 0.29) is 26.3 Å². The van der Waals surface area contributed by atoms with Gasteiger partial charge in [0.25, 0.3) is 0 Å². The average Bonchev–Trinajstić information content (AvgIpc) is 3.28. The molecule has 0 amide bonds. The molecule has 2 aromatic carbocycles. The normalized spacial score (nSPS) is 11.7. The second-order valence-corrected chi connectivity index (χ2v) is 7.98. The Morgan fingerprint density at radius 2 is 1.93 bits per heavy atom. The minimum atomic E-state index is -3.81. The molecule has 0 atom stereocenters. The first-order chi connectivity index (χ1) is 12.9. The SMILES string of the molecule is O=C(O)c1cnn(-c2nc3cc(S(=O)(=O)c4ccccc4)c(Cl)cc3[nH]2)c1. The summed E-state index contributed by atoms with van der Waals surface area (Å²) in [6, 6.07) is 10.8. The molecule has 0 aliphatic carbocycles. The van der Waals surface area contributed by atoms with Crippen LogP contribution >= 0.6 is 11.6 Å². The lowest BCUT2D eigenvalue weighted by molar-refractivity contribution is 0.0697. The van der Waals surface area contributed by atoms with Crippen molar-refractivity contribution in [2.45, 2.75) is 9.79 Å². The van der Waals surface area contributed by atoms with Crippen molar-refractivity contribution < 1.29 is 18.3 Å². The van der Waals surface area contributed by atoms with Crippen molar-refractivity contribution in [3.8, 4) is 5.95 Å². The van der Waals surface area contributed by atoms with E-state index in [1.165, 1.54) is 41.3 Å². The molecule has 0 aliphatic rings. The summed E-state index contributed by atoms with van der Waals surface area (Å²) in [5.41, 5.74) is 0.853. The summed E-state index contributed by atoms with van der Waals surface area (Å²) in [5.74, 6) is -0.875. The zero-order valence-electron chi connectivity index (χ0n) is 13.5. The number of carboxylic acids is 1. The van der Waals surface area contributed by atoms with E-state index >= 15 is 0 Å². The van der Waals surface area contributed by atoms with Crippen molar-refractivity contribution in [2.75, 3.05) is 0 Å². The van der Waals surface area contributed by atoms with Crippen LogP contribution in [-0.4, -0.2) is 39.2 Å². The zero-order chi connectivity index (χ0) is 19.2. The quantitative estimate of drug-likeness (QED) is 0.541. The standard InChI is InChI=1S/C17H11ClN4O4S/c18-12-6-13-14(7-15(12)27(25,26)11-4-2-1-3-5-11)21-17(20-13)22-9-10(8-19-22)16(23)24/h1-9H,(H,20,21)(H,23,24). The van der Waals surface area contributed by atoms with Gasteiger partial charge in [0, 0.05) is 6.20 Å². The number of hydrogen-bond donors (Lipinski definition) is 2. The number of nitrogens with one attached hydrogen (secondary N) is 1. The van der Waals surface area contributed by atoms with Gasteiger partial charge in [-0.15, -0.1) is 0 Å². The molecule has 0 spiro atoms. The first-order valence-corrected chi connectivity index (χ1v) is 9.50. The number of carboxylic acid groups (broad SMARTS) is 1. The molecule has 10 heteroatoms. The summed E-state index contributed by atoms with van der Waals surface area (Å²) in [5, 5.41) is 13.0. The van der Waals surface area contributed by atoms with Gasteiger partial charge in [-0.3, -0.25) is 0 Å². The number of halogens is 1. The van der Waals surface area contributed by atoms with E-state index in [0.717, 1.165) is 0 Å². The zero-order valence-corrected chi connectivity index (χ0v) is 15.1. The molecule has 2 aromatic heterocycles. The lowest BCUT2D eigenvalue weighted by atomic mass is 10.3. The lowest BCUT2D eigenvalue weighted by Crippen LogP contribution is -2.02. The Morgan fingerprint density at radius 1 is 1.19 bits per heavy atom. The minimum absolute atomic E-state index is 0.000771. The second-order valence-electron chi connectivity index (χ2n) is 5.66. The predicted molar refractivity (Wildman–Crippen MR) is 97.1 cm³/mol. The molecule has 4 aromatic rings. The number of aromatic carboxylic acids is 1. The van der Waals surface area contributed by atoms with Gasteiger partial charge in [0.1, 0.15) is 0 Å². The number of fused-ring (bicyclic) bond motifs is 1. The van der Waals surface area contributed by atoms with Crippen LogP contribution in [0.25, 0.3) is 17.0 Å². The summed E-state index contributed by atoms with van der Waals surface area (Å²) in [4.78, 5) is 18.3. The van der Waals surface area contributed by atoms with Crippen LogP contribution in [0.4, 0.5) is 0 Å². The Balaban J connectivity index is 1.83. The average molecular weight is 403 g/mol. The Hall–Kier alpha value is -3.17. The summed E-state index contributed by atoms with van der Waals surface area (Å²) in [7, 11) is -3.81. The maximum absolute atomic E-state index is 12.8. The van der Waals surface area contributed by atoms with Gasteiger partial charge in [0.15, 0.2) is 0 Å². The van der Waals surface area contributed by atoms with Gasteiger partial charge in [-0.2, -0.15) is 5.10 Å². The van der Waals surface area contributed by atoms with Gasteiger partial charge in [0.2, 0.25) is 15.8 Å². The molecule has 2 heterocycles. The highest BCUT2D eigenvalue weighted by atomic mass is 35.5. The van der Waals surface area contributed by atoms with E-state index in [4.69, 9.17) is 16.7 Å². The number of carbonyl (C=O) groups is 1. The third-order valence-electron chi connectivity index (χ3n) is 3.91.